The average Bonchev–Trinajstić information content (AvgIpc) is 2.94. The second kappa shape index (κ2) is 6.30. The van der Waals surface area contributed by atoms with E-state index in [9.17, 15) is 4.79 Å². The summed E-state index contributed by atoms with van der Waals surface area (Å²) >= 11 is 0. The highest BCUT2D eigenvalue weighted by Gasteiger charge is 2.16. The Hall–Kier alpha value is -2.50. The number of anilines is 1. The van der Waals surface area contributed by atoms with Crippen molar-refractivity contribution in [2.24, 2.45) is 0 Å². The van der Waals surface area contributed by atoms with E-state index in [1.54, 1.807) is 42.3 Å². The van der Waals surface area contributed by atoms with Crippen molar-refractivity contribution in [2.45, 2.75) is 19.9 Å². The van der Waals surface area contributed by atoms with Crippen LogP contribution in [0.5, 0.6) is 11.5 Å². The second-order valence-corrected chi connectivity index (χ2v) is 4.78. The highest BCUT2D eigenvalue weighted by molar-refractivity contribution is 6.06. The summed E-state index contributed by atoms with van der Waals surface area (Å²) in [5.74, 6) is 1.45. The largest absolute Gasteiger partial charge is 0.497 e. The van der Waals surface area contributed by atoms with Crippen molar-refractivity contribution in [3.8, 4) is 11.5 Å². The molecule has 112 valence electrons. The minimum absolute atomic E-state index is 0.155. The molecule has 1 amide bonds. The molecular weight excluding hydrogens is 270 g/mol. The number of aromatic nitrogens is 2. The molecule has 0 saturated carbocycles. The van der Waals surface area contributed by atoms with E-state index < -0.39 is 0 Å². The Morgan fingerprint density at radius 2 is 2.00 bits per heavy atom. The third kappa shape index (κ3) is 3.16. The quantitative estimate of drug-likeness (QED) is 0.919. The highest BCUT2D eigenvalue weighted by Crippen LogP contribution is 2.25. The van der Waals surface area contributed by atoms with Crippen LogP contribution in [0.3, 0.4) is 0 Å². The Bertz CT molecular complexity index is 635. The smallest absolute Gasteiger partial charge is 0.260 e. The monoisotopic (exact) mass is 289 g/mol. The number of carbonyl (C=O) groups is 1. The maximum atomic E-state index is 12.4. The standard InChI is InChI=1S/C15H19N3O3/c1-10(2)18-14(7-8-16-18)17-15(19)12-9-11(20-3)5-6-13(12)21-4/h5-10H,1-4H3,(H,17,19). The van der Waals surface area contributed by atoms with E-state index >= 15 is 0 Å². The van der Waals surface area contributed by atoms with Gasteiger partial charge in [-0.1, -0.05) is 0 Å². The third-order valence-corrected chi connectivity index (χ3v) is 3.05. The van der Waals surface area contributed by atoms with Crippen molar-refractivity contribution >= 4 is 11.7 Å². The fourth-order valence-electron chi connectivity index (χ4n) is 2.00. The molecule has 1 N–H and O–H groups in total. The van der Waals surface area contributed by atoms with Gasteiger partial charge >= 0.3 is 0 Å². The van der Waals surface area contributed by atoms with Gasteiger partial charge in [0.05, 0.1) is 26.0 Å². The number of amides is 1. The van der Waals surface area contributed by atoms with Gasteiger partial charge in [0.25, 0.3) is 5.91 Å². The molecule has 6 nitrogen and oxygen atoms in total. The van der Waals surface area contributed by atoms with Gasteiger partial charge in [-0.05, 0) is 32.0 Å². The number of ether oxygens (including phenoxy) is 2. The molecule has 0 radical (unpaired) electrons. The van der Waals surface area contributed by atoms with Gasteiger partial charge < -0.3 is 14.8 Å². The zero-order valence-corrected chi connectivity index (χ0v) is 12.6. The molecule has 1 aromatic heterocycles. The van der Waals surface area contributed by atoms with Crippen LogP contribution in [0.1, 0.15) is 30.2 Å². The summed E-state index contributed by atoms with van der Waals surface area (Å²) in [4.78, 5) is 12.4. The van der Waals surface area contributed by atoms with Crippen LogP contribution in [0.2, 0.25) is 0 Å². The summed E-state index contributed by atoms with van der Waals surface area (Å²) in [6, 6.07) is 7.00. The van der Waals surface area contributed by atoms with Gasteiger partial charge in [0.2, 0.25) is 0 Å². The number of benzene rings is 1. The summed E-state index contributed by atoms with van der Waals surface area (Å²) in [5, 5.41) is 7.02. The molecule has 0 bridgehead atoms. The Morgan fingerprint density at radius 3 is 2.62 bits per heavy atom. The fourth-order valence-corrected chi connectivity index (χ4v) is 2.00. The van der Waals surface area contributed by atoms with Crippen LogP contribution < -0.4 is 14.8 Å². The molecular formula is C15H19N3O3. The molecule has 0 aliphatic rings. The molecule has 0 atom stereocenters. The van der Waals surface area contributed by atoms with Gasteiger partial charge in [-0.3, -0.25) is 4.79 Å². The van der Waals surface area contributed by atoms with E-state index in [1.165, 1.54) is 7.11 Å². The van der Waals surface area contributed by atoms with Crippen molar-refractivity contribution in [3.05, 3.63) is 36.0 Å². The predicted octanol–water partition coefficient (Wildman–Crippen LogP) is 2.73. The first-order valence-electron chi connectivity index (χ1n) is 6.63. The van der Waals surface area contributed by atoms with Crippen LogP contribution in [-0.4, -0.2) is 29.9 Å². The maximum Gasteiger partial charge on any atom is 0.260 e. The predicted molar refractivity (Wildman–Crippen MR) is 80.1 cm³/mol. The molecule has 1 heterocycles. The Morgan fingerprint density at radius 1 is 1.24 bits per heavy atom. The van der Waals surface area contributed by atoms with Crippen LogP contribution in [-0.2, 0) is 0 Å². The first-order chi connectivity index (χ1) is 10.1. The highest BCUT2D eigenvalue weighted by atomic mass is 16.5. The Labute approximate surface area is 123 Å². The summed E-state index contributed by atoms with van der Waals surface area (Å²) in [6.45, 7) is 3.99. The first-order valence-corrected chi connectivity index (χ1v) is 6.63. The Balaban J connectivity index is 2.29. The van der Waals surface area contributed by atoms with Crippen molar-refractivity contribution in [1.29, 1.82) is 0 Å². The van der Waals surface area contributed by atoms with Crippen LogP contribution >= 0.6 is 0 Å². The van der Waals surface area contributed by atoms with Crippen LogP contribution in [0.4, 0.5) is 5.82 Å². The first kappa shape index (κ1) is 14.9. The van der Waals surface area contributed by atoms with Gasteiger partial charge in [0, 0.05) is 12.1 Å². The van der Waals surface area contributed by atoms with E-state index in [0.29, 0.717) is 22.9 Å². The lowest BCUT2D eigenvalue weighted by atomic mass is 10.1. The molecule has 0 saturated heterocycles. The van der Waals surface area contributed by atoms with Crippen LogP contribution in [0.25, 0.3) is 0 Å². The van der Waals surface area contributed by atoms with E-state index in [2.05, 4.69) is 10.4 Å². The van der Waals surface area contributed by atoms with E-state index in [4.69, 9.17) is 9.47 Å². The fraction of sp³-hybridized carbons (Fsp3) is 0.333. The van der Waals surface area contributed by atoms with E-state index in [0.717, 1.165) is 0 Å². The van der Waals surface area contributed by atoms with E-state index in [1.807, 2.05) is 13.8 Å². The number of hydrogen-bond acceptors (Lipinski definition) is 4. The average molecular weight is 289 g/mol. The van der Waals surface area contributed by atoms with Crippen molar-refractivity contribution in [3.63, 3.8) is 0 Å². The van der Waals surface area contributed by atoms with Gasteiger partial charge in [-0.25, -0.2) is 4.68 Å². The minimum atomic E-state index is -0.270. The zero-order valence-electron chi connectivity index (χ0n) is 12.6. The van der Waals surface area contributed by atoms with Gasteiger partial charge in [-0.2, -0.15) is 5.10 Å². The molecule has 2 aromatic rings. The van der Waals surface area contributed by atoms with Gasteiger partial charge in [-0.15, -0.1) is 0 Å². The van der Waals surface area contributed by atoms with Gasteiger partial charge in [0.15, 0.2) is 0 Å². The number of nitrogens with one attached hydrogen (secondary N) is 1. The summed E-state index contributed by atoms with van der Waals surface area (Å²) in [5.41, 5.74) is 0.411. The van der Waals surface area contributed by atoms with Crippen molar-refractivity contribution in [2.75, 3.05) is 19.5 Å². The third-order valence-electron chi connectivity index (χ3n) is 3.05. The maximum absolute atomic E-state index is 12.4. The van der Waals surface area contributed by atoms with Crippen LogP contribution in [0.15, 0.2) is 30.5 Å². The number of carbonyl (C=O) groups excluding carboxylic acids is 1. The molecule has 21 heavy (non-hydrogen) atoms. The lowest BCUT2D eigenvalue weighted by molar-refractivity contribution is 0.102. The lowest BCUT2D eigenvalue weighted by Gasteiger charge is -2.13. The zero-order chi connectivity index (χ0) is 15.4. The number of hydrogen-bond donors (Lipinski definition) is 1. The molecule has 2 rings (SSSR count). The van der Waals surface area contributed by atoms with Crippen LogP contribution in [0, 0.1) is 0 Å². The number of nitrogens with zero attached hydrogens (tertiary/aromatic N) is 2. The van der Waals surface area contributed by atoms with Crippen molar-refractivity contribution < 1.29 is 14.3 Å². The Kier molecular flexibility index (Phi) is 4.47. The number of rotatable bonds is 5. The molecule has 0 spiro atoms. The second-order valence-electron chi connectivity index (χ2n) is 4.78. The normalized spacial score (nSPS) is 10.5. The molecule has 0 aliphatic carbocycles. The minimum Gasteiger partial charge on any atom is -0.497 e. The molecule has 1 aromatic carbocycles. The van der Waals surface area contributed by atoms with Gasteiger partial charge in [0.1, 0.15) is 17.3 Å². The molecule has 0 unspecified atom stereocenters. The molecule has 0 aliphatic heterocycles. The summed E-state index contributed by atoms with van der Waals surface area (Å²) < 4.78 is 12.1. The summed E-state index contributed by atoms with van der Waals surface area (Å²) in [6.07, 6.45) is 1.65. The van der Waals surface area contributed by atoms with Crippen molar-refractivity contribution in [1.82, 2.24) is 9.78 Å². The molecule has 0 fully saturated rings. The topological polar surface area (TPSA) is 65.4 Å². The lowest BCUT2D eigenvalue weighted by Crippen LogP contribution is -2.17. The summed E-state index contributed by atoms with van der Waals surface area (Å²) in [7, 11) is 3.08. The SMILES string of the molecule is COc1ccc(OC)c(C(=O)Nc2ccnn2C(C)C)c1. The number of methoxy groups -OCH3 is 2. The van der Waals surface area contributed by atoms with E-state index in [-0.39, 0.29) is 11.9 Å². The molecule has 6 heteroatoms.